The average Bonchev–Trinajstić information content (AvgIpc) is 3.27. The standard InChI is InChI=1S/C15H18N8O2/c1-10(2)14-19-13(25-20-14)7-8-16-15(24)18-11-3-5-12(6-4-11)23-9-17-21-22-23/h3-6,9-10H,7-8H2,1-2H3,(H2,16,18,24). The van der Waals surface area contributed by atoms with Crippen molar-refractivity contribution in [2.75, 3.05) is 11.9 Å². The van der Waals surface area contributed by atoms with E-state index in [9.17, 15) is 4.79 Å². The van der Waals surface area contributed by atoms with E-state index in [2.05, 4.69) is 36.3 Å². The lowest BCUT2D eigenvalue weighted by Crippen LogP contribution is -2.30. The maximum absolute atomic E-state index is 11.9. The summed E-state index contributed by atoms with van der Waals surface area (Å²) in [6, 6.07) is 6.83. The van der Waals surface area contributed by atoms with Crippen LogP contribution < -0.4 is 10.6 Å². The summed E-state index contributed by atoms with van der Waals surface area (Å²) in [6.07, 6.45) is 1.97. The van der Waals surface area contributed by atoms with E-state index in [1.54, 1.807) is 24.3 Å². The number of tetrazole rings is 1. The minimum atomic E-state index is -0.307. The normalized spacial score (nSPS) is 10.8. The molecule has 0 unspecified atom stereocenters. The lowest BCUT2D eigenvalue weighted by Gasteiger charge is -2.07. The van der Waals surface area contributed by atoms with Crippen LogP contribution in [0.5, 0.6) is 0 Å². The van der Waals surface area contributed by atoms with E-state index in [1.165, 1.54) is 11.0 Å². The Bertz CT molecular complexity index is 810. The molecule has 0 radical (unpaired) electrons. The summed E-state index contributed by atoms with van der Waals surface area (Å²) in [4.78, 5) is 16.2. The van der Waals surface area contributed by atoms with Gasteiger partial charge in [-0.25, -0.2) is 9.48 Å². The Morgan fingerprint density at radius 1 is 1.28 bits per heavy atom. The van der Waals surface area contributed by atoms with E-state index in [1.807, 2.05) is 13.8 Å². The number of anilines is 1. The quantitative estimate of drug-likeness (QED) is 0.696. The second-order valence-corrected chi connectivity index (χ2v) is 5.63. The van der Waals surface area contributed by atoms with Crippen molar-refractivity contribution in [2.24, 2.45) is 0 Å². The number of carbonyl (C=O) groups excluding carboxylic acids is 1. The summed E-state index contributed by atoms with van der Waals surface area (Å²) >= 11 is 0. The van der Waals surface area contributed by atoms with Crippen LogP contribution >= 0.6 is 0 Å². The predicted octanol–water partition coefficient (Wildman–Crippen LogP) is 1.53. The van der Waals surface area contributed by atoms with E-state index in [0.717, 1.165) is 5.69 Å². The topological polar surface area (TPSA) is 124 Å². The summed E-state index contributed by atoms with van der Waals surface area (Å²) < 4.78 is 6.65. The Hall–Kier alpha value is -3.30. The first-order valence-corrected chi connectivity index (χ1v) is 7.82. The number of hydrogen-bond donors (Lipinski definition) is 2. The fourth-order valence-corrected chi connectivity index (χ4v) is 2.04. The molecule has 3 aromatic rings. The van der Waals surface area contributed by atoms with Gasteiger partial charge in [0.15, 0.2) is 5.82 Å². The number of amides is 2. The number of nitrogens with zero attached hydrogens (tertiary/aromatic N) is 6. The Morgan fingerprint density at radius 3 is 2.72 bits per heavy atom. The molecule has 0 spiro atoms. The van der Waals surface area contributed by atoms with Gasteiger partial charge in [0.2, 0.25) is 5.89 Å². The van der Waals surface area contributed by atoms with Crippen LogP contribution in [0.1, 0.15) is 31.5 Å². The van der Waals surface area contributed by atoms with Crippen LogP contribution in [0.25, 0.3) is 5.69 Å². The van der Waals surface area contributed by atoms with Gasteiger partial charge < -0.3 is 15.2 Å². The molecule has 0 aliphatic heterocycles. The molecule has 0 aliphatic carbocycles. The van der Waals surface area contributed by atoms with Crippen molar-refractivity contribution in [1.29, 1.82) is 0 Å². The zero-order chi connectivity index (χ0) is 17.6. The largest absolute Gasteiger partial charge is 0.339 e. The summed E-state index contributed by atoms with van der Waals surface area (Å²) in [5.41, 5.74) is 1.46. The third-order valence-corrected chi connectivity index (χ3v) is 3.36. The van der Waals surface area contributed by atoms with Crippen molar-refractivity contribution in [2.45, 2.75) is 26.2 Å². The number of aromatic nitrogens is 6. The molecule has 0 aliphatic rings. The molecule has 10 heteroatoms. The van der Waals surface area contributed by atoms with Gasteiger partial charge in [0.25, 0.3) is 0 Å². The van der Waals surface area contributed by atoms with Crippen molar-refractivity contribution in [3.8, 4) is 5.69 Å². The van der Waals surface area contributed by atoms with Crippen LogP contribution in [-0.4, -0.2) is 42.9 Å². The molecule has 0 fully saturated rings. The van der Waals surface area contributed by atoms with Gasteiger partial charge in [0, 0.05) is 24.6 Å². The zero-order valence-electron chi connectivity index (χ0n) is 13.9. The maximum Gasteiger partial charge on any atom is 0.319 e. The van der Waals surface area contributed by atoms with Gasteiger partial charge >= 0.3 is 6.03 Å². The number of nitrogens with one attached hydrogen (secondary N) is 2. The summed E-state index contributed by atoms with van der Waals surface area (Å²) in [7, 11) is 0. The number of carbonyl (C=O) groups is 1. The molecule has 25 heavy (non-hydrogen) atoms. The van der Waals surface area contributed by atoms with E-state index in [4.69, 9.17) is 4.52 Å². The van der Waals surface area contributed by atoms with Gasteiger partial charge in [0.1, 0.15) is 6.33 Å². The third-order valence-electron chi connectivity index (χ3n) is 3.36. The summed E-state index contributed by atoms with van der Waals surface area (Å²) in [5.74, 6) is 1.39. The molecule has 130 valence electrons. The number of urea groups is 1. The smallest absolute Gasteiger partial charge is 0.319 e. The first-order chi connectivity index (χ1) is 12.1. The maximum atomic E-state index is 11.9. The molecule has 3 rings (SSSR count). The van der Waals surface area contributed by atoms with Crippen molar-refractivity contribution in [1.82, 2.24) is 35.7 Å². The van der Waals surface area contributed by atoms with Crippen molar-refractivity contribution >= 4 is 11.7 Å². The third kappa shape index (κ3) is 4.37. The average molecular weight is 342 g/mol. The highest BCUT2D eigenvalue weighted by Gasteiger charge is 2.10. The van der Waals surface area contributed by atoms with E-state index >= 15 is 0 Å². The minimum absolute atomic E-state index is 0.213. The first kappa shape index (κ1) is 16.6. The van der Waals surface area contributed by atoms with Crippen molar-refractivity contribution in [3.63, 3.8) is 0 Å². The molecular formula is C15H18N8O2. The molecule has 0 bridgehead atoms. The fraction of sp³-hybridized carbons (Fsp3) is 0.333. The Morgan fingerprint density at radius 2 is 2.08 bits per heavy atom. The Balaban J connectivity index is 1.45. The first-order valence-electron chi connectivity index (χ1n) is 7.82. The van der Waals surface area contributed by atoms with Crippen LogP contribution in [0, 0.1) is 0 Å². The molecule has 2 amide bonds. The number of rotatable bonds is 6. The Kier molecular flexibility index (Phi) is 4.97. The molecule has 0 atom stereocenters. The van der Waals surface area contributed by atoms with Crippen LogP contribution in [0.15, 0.2) is 35.1 Å². The van der Waals surface area contributed by atoms with Gasteiger partial charge in [-0.3, -0.25) is 0 Å². The van der Waals surface area contributed by atoms with Gasteiger partial charge in [0.05, 0.1) is 5.69 Å². The predicted molar refractivity (Wildman–Crippen MR) is 88.3 cm³/mol. The molecule has 1 aromatic carbocycles. The fourth-order valence-electron chi connectivity index (χ4n) is 2.04. The van der Waals surface area contributed by atoms with Crippen LogP contribution in [0.2, 0.25) is 0 Å². The molecule has 0 saturated carbocycles. The highest BCUT2D eigenvalue weighted by molar-refractivity contribution is 5.89. The van der Waals surface area contributed by atoms with Gasteiger partial charge in [-0.2, -0.15) is 4.98 Å². The highest BCUT2D eigenvalue weighted by Crippen LogP contribution is 2.12. The molecule has 10 nitrogen and oxygen atoms in total. The molecule has 2 heterocycles. The molecule has 2 N–H and O–H groups in total. The number of benzene rings is 1. The van der Waals surface area contributed by atoms with Crippen molar-refractivity contribution in [3.05, 3.63) is 42.3 Å². The second kappa shape index (κ2) is 7.51. The molecule has 0 saturated heterocycles. The van der Waals surface area contributed by atoms with Crippen LogP contribution in [-0.2, 0) is 6.42 Å². The minimum Gasteiger partial charge on any atom is -0.339 e. The number of hydrogen-bond acceptors (Lipinski definition) is 7. The monoisotopic (exact) mass is 342 g/mol. The Labute approximate surface area is 143 Å². The van der Waals surface area contributed by atoms with E-state index < -0.39 is 0 Å². The van der Waals surface area contributed by atoms with Gasteiger partial charge in [-0.15, -0.1) is 5.10 Å². The van der Waals surface area contributed by atoms with Crippen molar-refractivity contribution < 1.29 is 9.32 Å². The van der Waals surface area contributed by atoms with Gasteiger partial charge in [-0.1, -0.05) is 19.0 Å². The highest BCUT2D eigenvalue weighted by atomic mass is 16.5. The second-order valence-electron chi connectivity index (χ2n) is 5.63. The van der Waals surface area contributed by atoms with Crippen LogP contribution in [0.4, 0.5) is 10.5 Å². The SMILES string of the molecule is CC(C)c1noc(CCNC(=O)Nc2ccc(-n3cnnn3)cc2)n1. The lowest BCUT2D eigenvalue weighted by atomic mass is 10.2. The summed E-state index contributed by atoms with van der Waals surface area (Å²) in [6.45, 7) is 4.38. The van der Waals surface area contributed by atoms with E-state index in [-0.39, 0.29) is 11.9 Å². The van der Waals surface area contributed by atoms with E-state index in [0.29, 0.717) is 30.4 Å². The summed E-state index contributed by atoms with van der Waals surface area (Å²) in [5, 5.41) is 20.3. The van der Waals surface area contributed by atoms with Crippen LogP contribution in [0.3, 0.4) is 0 Å². The molecule has 2 aromatic heterocycles. The zero-order valence-corrected chi connectivity index (χ0v) is 13.9. The van der Waals surface area contributed by atoms with Gasteiger partial charge in [-0.05, 0) is 34.7 Å². The molecular weight excluding hydrogens is 324 g/mol. The lowest BCUT2D eigenvalue weighted by molar-refractivity contribution is 0.252.